The van der Waals surface area contributed by atoms with E-state index in [-0.39, 0.29) is 10.9 Å². The van der Waals surface area contributed by atoms with Gasteiger partial charge in [0.25, 0.3) is 10.1 Å². The molecule has 0 aliphatic rings. The van der Waals surface area contributed by atoms with E-state index < -0.39 is 10.1 Å². The van der Waals surface area contributed by atoms with Crippen LogP contribution in [0.15, 0.2) is 63.0 Å². The first-order valence-electron chi connectivity index (χ1n) is 6.80. The molecule has 134 valence electrons. The fourth-order valence-electron chi connectivity index (χ4n) is 1.46. The number of benzene rings is 2. The van der Waals surface area contributed by atoms with E-state index in [1.807, 2.05) is 31.2 Å². The van der Waals surface area contributed by atoms with Crippen LogP contribution in [0.25, 0.3) is 0 Å². The lowest BCUT2D eigenvalue weighted by atomic mass is 10.2. The number of hydrogen-bond donors (Lipinski definition) is 5. The Kier molecular flexibility index (Phi) is 8.22. The molecule has 2 aromatic carbocycles. The Labute approximate surface area is 153 Å². The van der Waals surface area contributed by atoms with Crippen LogP contribution in [-0.4, -0.2) is 30.4 Å². The van der Waals surface area contributed by atoms with Crippen molar-refractivity contribution in [3.8, 4) is 0 Å². The van der Waals surface area contributed by atoms with E-state index in [1.54, 1.807) is 23.8 Å². The molecule has 5 N–H and O–H groups in total. The molecule has 0 saturated heterocycles. The van der Waals surface area contributed by atoms with Crippen LogP contribution in [-0.2, 0) is 10.1 Å². The summed E-state index contributed by atoms with van der Waals surface area (Å²) in [6, 6.07) is 13.5. The molecule has 0 fully saturated rings. The zero-order chi connectivity index (χ0) is 18.9. The summed E-state index contributed by atoms with van der Waals surface area (Å²) in [6.07, 6.45) is 1.54. The zero-order valence-corrected chi connectivity index (χ0v) is 15.5. The Morgan fingerprint density at radius 2 is 1.72 bits per heavy atom. The van der Waals surface area contributed by atoms with Crippen LogP contribution < -0.4 is 10.9 Å². The summed E-state index contributed by atoms with van der Waals surface area (Å²) in [7, 11) is -4.02. The van der Waals surface area contributed by atoms with E-state index in [0.29, 0.717) is 0 Å². The van der Waals surface area contributed by atoms with Crippen molar-refractivity contribution in [2.75, 3.05) is 0 Å². The number of hydrogen-bond acceptors (Lipinski definition) is 5. The SMILES string of the molecule is Cc1ccc(S(=O)(=O)O)cc1.N=C(NO)N/N=C/c1ccc(Br)cc1. The van der Waals surface area contributed by atoms with Crippen molar-refractivity contribution in [1.29, 1.82) is 5.41 Å². The highest BCUT2D eigenvalue weighted by Crippen LogP contribution is 2.09. The molecule has 2 aromatic rings. The lowest BCUT2D eigenvalue weighted by Gasteiger charge is -1.98. The summed E-state index contributed by atoms with van der Waals surface area (Å²) >= 11 is 3.31. The van der Waals surface area contributed by atoms with Crippen molar-refractivity contribution in [3.05, 3.63) is 64.1 Å². The summed E-state index contributed by atoms with van der Waals surface area (Å²) in [6.45, 7) is 1.84. The van der Waals surface area contributed by atoms with Crippen LogP contribution in [0.1, 0.15) is 11.1 Å². The van der Waals surface area contributed by atoms with Crippen molar-refractivity contribution >= 4 is 38.2 Å². The van der Waals surface area contributed by atoms with Crippen molar-refractivity contribution < 1.29 is 18.2 Å². The predicted molar refractivity (Wildman–Crippen MR) is 98.5 cm³/mol. The van der Waals surface area contributed by atoms with Crippen LogP contribution in [0.5, 0.6) is 0 Å². The second-order valence-corrected chi connectivity index (χ2v) is 7.03. The molecule has 0 saturated carbocycles. The summed E-state index contributed by atoms with van der Waals surface area (Å²) in [4.78, 5) is -0.0666. The average Bonchev–Trinajstić information content (AvgIpc) is 2.56. The smallest absolute Gasteiger partial charge is 0.288 e. The second-order valence-electron chi connectivity index (χ2n) is 4.70. The first kappa shape index (κ1) is 20.8. The highest BCUT2D eigenvalue weighted by atomic mass is 79.9. The maximum Gasteiger partial charge on any atom is 0.294 e. The fourth-order valence-corrected chi connectivity index (χ4v) is 2.20. The minimum atomic E-state index is -4.02. The number of guanidine groups is 1. The summed E-state index contributed by atoms with van der Waals surface area (Å²) in [5.74, 6) is -0.279. The van der Waals surface area contributed by atoms with Crippen molar-refractivity contribution in [3.63, 3.8) is 0 Å². The van der Waals surface area contributed by atoms with Gasteiger partial charge in [-0.2, -0.15) is 13.5 Å². The molecule has 0 radical (unpaired) electrons. The Bertz CT molecular complexity index is 822. The minimum Gasteiger partial charge on any atom is -0.288 e. The largest absolute Gasteiger partial charge is 0.294 e. The molecule has 0 aliphatic heterocycles. The van der Waals surface area contributed by atoms with Gasteiger partial charge in [0.05, 0.1) is 11.1 Å². The molecule has 0 unspecified atom stereocenters. The Morgan fingerprint density at radius 3 is 2.20 bits per heavy atom. The van der Waals surface area contributed by atoms with Gasteiger partial charge in [0.2, 0.25) is 5.96 Å². The van der Waals surface area contributed by atoms with Gasteiger partial charge in [-0.05, 0) is 36.8 Å². The number of hydroxylamine groups is 1. The molecule has 0 bridgehead atoms. The van der Waals surface area contributed by atoms with Gasteiger partial charge in [-0.25, -0.2) is 10.9 Å². The highest BCUT2D eigenvalue weighted by Gasteiger charge is 2.06. The lowest BCUT2D eigenvalue weighted by Crippen LogP contribution is -2.30. The molecule has 0 spiro atoms. The lowest BCUT2D eigenvalue weighted by molar-refractivity contribution is 0.228. The van der Waals surface area contributed by atoms with E-state index in [1.165, 1.54) is 12.1 Å². The van der Waals surface area contributed by atoms with Crippen LogP contribution in [0.2, 0.25) is 0 Å². The van der Waals surface area contributed by atoms with Gasteiger partial charge in [-0.15, -0.1) is 0 Å². The zero-order valence-electron chi connectivity index (χ0n) is 13.1. The van der Waals surface area contributed by atoms with Crippen LogP contribution in [0, 0.1) is 12.3 Å². The second kappa shape index (κ2) is 9.89. The van der Waals surface area contributed by atoms with Gasteiger partial charge in [0.1, 0.15) is 0 Å². The molecular formula is C15H17BrN4O4S. The number of halogens is 1. The normalized spacial score (nSPS) is 10.7. The quantitative estimate of drug-likeness (QED) is 0.220. The van der Waals surface area contributed by atoms with Gasteiger partial charge in [0, 0.05) is 4.47 Å². The summed E-state index contributed by atoms with van der Waals surface area (Å²) < 4.78 is 30.5. The molecule has 0 aliphatic carbocycles. The van der Waals surface area contributed by atoms with E-state index in [4.69, 9.17) is 15.2 Å². The number of rotatable bonds is 3. The summed E-state index contributed by atoms with van der Waals surface area (Å²) in [5.41, 5.74) is 5.74. The van der Waals surface area contributed by atoms with Gasteiger partial charge >= 0.3 is 0 Å². The molecule has 25 heavy (non-hydrogen) atoms. The predicted octanol–water partition coefficient (Wildman–Crippen LogP) is 2.53. The first-order valence-corrected chi connectivity index (χ1v) is 9.03. The van der Waals surface area contributed by atoms with E-state index in [9.17, 15) is 8.42 Å². The minimum absolute atomic E-state index is 0.0666. The molecule has 0 amide bonds. The molecular weight excluding hydrogens is 412 g/mol. The fraction of sp³-hybridized carbons (Fsp3) is 0.0667. The van der Waals surface area contributed by atoms with Gasteiger partial charge in [-0.3, -0.25) is 15.2 Å². The third-order valence-corrected chi connectivity index (χ3v) is 4.09. The van der Waals surface area contributed by atoms with E-state index >= 15 is 0 Å². The topological polar surface area (TPSA) is 135 Å². The number of aryl methyl sites for hydroxylation is 1. The molecule has 0 atom stereocenters. The number of hydrazone groups is 1. The highest BCUT2D eigenvalue weighted by molar-refractivity contribution is 9.10. The van der Waals surface area contributed by atoms with Gasteiger partial charge in [-0.1, -0.05) is 45.8 Å². The van der Waals surface area contributed by atoms with Gasteiger partial charge < -0.3 is 0 Å². The standard InChI is InChI=1S/C8H9BrN4O.C7H8O3S/c9-7-3-1-6(2-4-7)5-11-12-8(10)13-14;1-6-2-4-7(5-3-6)11(8,9)10/h1-5,14H,(H3,10,12,13);2-5H,1H3,(H,8,9,10)/b11-5+;. The first-order chi connectivity index (χ1) is 11.7. The van der Waals surface area contributed by atoms with Gasteiger partial charge in [0.15, 0.2) is 0 Å². The monoisotopic (exact) mass is 428 g/mol. The Morgan fingerprint density at radius 1 is 1.16 bits per heavy atom. The average molecular weight is 429 g/mol. The number of nitrogens with zero attached hydrogens (tertiary/aromatic N) is 1. The maximum atomic E-state index is 10.5. The maximum absolute atomic E-state index is 10.5. The molecule has 2 rings (SSSR count). The molecule has 0 aromatic heterocycles. The van der Waals surface area contributed by atoms with Crippen molar-refractivity contribution in [2.24, 2.45) is 5.10 Å². The van der Waals surface area contributed by atoms with Crippen molar-refractivity contribution in [1.82, 2.24) is 10.9 Å². The third kappa shape index (κ3) is 8.40. The molecule has 10 heteroatoms. The third-order valence-electron chi connectivity index (χ3n) is 2.69. The van der Waals surface area contributed by atoms with Crippen molar-refractivity contribution in [2.45, 2.75) is 11.8 Å². The van der Waals surface area contributed by atoms with Crippen LogP contribution >= 0.6 is 15.9 Å². The van der Waals surface area contributed by atoms with Crippen LogP contribution in [0.3, 0.4) is 0 Å². The Balaban J connectivity index is 0.000000257. The summed E-state index contributed by atoms with van der Waals surface area (Å²) in [5, 5.41) is 18.9. The molecule has 0 heterocycles. The van der Waals surface area contributed by atoms with Crippen LogP contribution in [0.4, 0.5) is 0 Å². The van der Waals surface area contributed by atoms with E-state index in [2.05, 4.69) is 26.5 Å². The van der Waals surface area contributed by atoms with E-state index in [0.717, 1.165) is 15.6 Å². The Hall–Kier alpha value is -2.27. The number of nitrogens with one attached hydrogen (secondary N) is 3. The molecule has 8 nitrogen and oxygen atoms in total.